The number of thiocarbonyl (C=S) groups is 1. The highest BCUT2D eigenvalue weighted by Crippen LogP contribution is 2.18. The number of pyridine rings is 1. The van der Waals surface area contributed by atoms with Crippen molar-refractivity contribution in [1.29, 1.82) is 0 Å². The zero-order chi connectivity index (χ0) is 16.8. The number of rotatable bonds is 5. The van der Waals surface area contributed by atoms with Gasteiger partial charge in [-0.1, -0.05) is 29.9 Å². The number of carbonyl (C=O) groups excluding carboxylic acids is 1. The predicted molar refractivity (Wildman–Crippen MR) is 91.5 cm³/mol. The second-order valence-electron chi connectivity index (χ2n) is 4.54. The molecule has 7 heteroatoms. The van der Waals surface area contributed by atoms with Crippen molar-refractivity contribution in [2.45, 2.75) is 6.92 Å². The summed E-state index contributed by atoms with van der Waals surface area (Å²) in [5.41, 5.74) is 0.754. The van der Waals surface area contributed by atoms with E-state index in [1.165, 1.54) is 12.1 Å². The molecule has 1 heterocycles. The Hall–Kier alpha value is -2.05. The topological polar surface area (TPSA) is 42.4 Å². The third-order valence-electron chi connectivity index (χ3n) is 3.01. The highest BCUT2D eigenvalue weighted by atomic mass is 35.5. The standard InChI is InChI=1S/C16H14ClFN2O2S/c1-2-20(12-8-6-11(17)7-9-12)15(23)10-22-16(21)13-4-3-5-14(18)19-13/h3-9H,2,10H2,1H3. The van der Waals surface area contributed by atoms with E-state index in [0.717, 1.165) is 11.8 Å². The summed E-state index contributed by atoms with van der Waals surface area (Å²) < 4.78 is 18.1. The van der Waals surface area contributed by atoms with E-state index in [9.17, 15) is 9.18 Å². The maximum atomic E-state index is 13.0. The molecule has 0 radical (unpaired) electrons. The maximum absolute atomic E-state index is 13.0. The van der Waals surface area contributed by atoms with E-state index < -0.39 is 11.9 Å². The Labute approximate surface area is 143 Å². The van der Waals surface area contributed by atoms with E-state index in [1.54, 1.807) is 12.1 Å². The lowest BCUT2D eigenvalue weighted by Gasteiger charge is -2.23. The fourth-order valence-electron chi connectivity index (χ4n) is 1.93. The predicted octanol–water partition coefficient (Wildman–Crippen LogP) is 3.88. The van der Waals surface area contributed by atoms with Crippen LogP contribution in [0.25, 0.3) is 0 Å². The Morgan fingerprint density at radius 2 is 2.00 bits per heavy atom. The van der Waals surface area contributed by atoms with Gasteiger partial charge in [0.25, 0.3) is 0 Å². The molecule has 0 aliphatic carbocycles. The van der Waals surface area contributed by atoms with E-state index in [1.807, 2.05) is 24.0 Å². The first-order chi connectivity index (χ1) is 11.0. The molecule has 120 valence electrons. The lowest BCUT2D eigenvalue weighted by Crippen LogP contribution is -2.33. The lowest BCUT2D eigenvalue weighted by molar-refractivity contribution is 0.0556. The Kier molecular flexibility index (Phi) is 6.01. The zero-order valence-electron chi connectivity index (χ0n) is 12.3. The van der Waals surface area contributed by atoms with Gasteiger partial charge in [0, 0.05) is 17.3 Å². The van der Waals surface area contributed by atoms with Crippen LogP contribution < -0.4 is 4.90 Å². The van der Waals surface area contributed by atoms with Crippen molar-refractivity contribution in [2.75, 3.05) is 18.1 Å². The van der Waals surface area contributed by atoms with E-state index in [4.69, 9.17) is 28.6 Å². The van der Waals surface area contributed by atoms with Crippen molar-refractivity contribution in [3.05, 3.63) is 59.1 Å². The third kappa shape index (κ3) is 4.71. The molecule has 1 aromatic carbocycles. The van der Waals surface area contributed by atoms with Crippen LogP contribution in [0.3, 0.4) is 0 Å². The number of hydrogen-bond acceptors (Lipinski definition) is 4. The molecule has 0 saturated heterocycles. The Bertz CT molecular complexity index is 709. The number of benzene rings is 1. The van der Waals surface area contributed by atoms with Gasteiger partial charge in [-0.15, -0.1) is 0 Å². The van der Waals surface area contributed by atoms with E-state index in [0.29, 0.717) is 16.6 Å². The monoisotopic (exact) mass is 352 g/mol. The normalized spacial score (nSPS) is 10.2. The van der Waals surface area contributed by atoms with Crippen molar-refractivity contribution in [1.82, 2.24) is 4.98 Å². The van der Waals surface area contributed by atoms with Gasteiger partial charge in [0.2, 0.25) is 5.95 Å². The minimum Gasteiger partial charge on any atom is -0.454 e. The number of carbonyl (C=O) groups is 1. The SMILES string of the molecule is CCN(C(=S)COC(=O)c1cccc(F)n1)c1ccc(Cl)cc1. The zero-order valence-corrected chi connectivity index (χ0v) is 13.9. The molecule has 0 N–H and O–H groups in total. The first-order valence-corrected chi connectivity index (χ1v) is 7.65. The van der Waals surface area contributed by atoms with Gasteiger partial charge in [-0.3, -0.25) is 0 Å². The minimum atomic E-state index is -0.738. The molecular weight excluding hydrogens is 339 g/mol. The number of halogens is 2. The molecule has 0 atom stereocenters. The number of ether oxygens (including phenoxy) is 1. The van der Waals surface area contributed by atoms with Gasteiger partial charge in [-0.25, -0.2) is 9.78 Å². The van der Waals surface area contributed by atoms with Crippen molar-refractivity contribution < 1.29 is 13.9 Å². The summed E-state index contributed by atoms with van der Waals surface area (Å²) in [6, 6.07) is 11.1. The van der Waals surface area contributed by atoms with E-state index >= 15 is 0 Å². The minimum absolute atomic E-state index is 0.0944. The molecule has 0 aliphatic heterocycles. The summed E-state index contributed by atoms with van der Waals surface area (Å²) in [7, 11) is 0. The molecular formula is C16H14ClFN2O2S. The molecule has 2 rings (SSSR count). The van der Waals surface area contributed by atoms with Gasteiger partial charge in [0.15, 0.2) is 5.69 Å². The summed E-state index contributed by atoms with van der Waals surface area (Å²) in [5, 5.41) is 0.624. The van der Waals surface area contributed by atoms with E-state index in [2.05, 4.69) is 4.98 Å². The third-order valence-corrected chi connectivity index (χ3v) is 3.60. The quantitative estimate of drug-likeness (QED) is 0.464. The van der Waals surface area contributed by atoms with Gasteiger partial charge >= 0.3 is 5.97 Å². The smallest absolute Gasteiger partial charge is 0.357 e. The second-order valence-corrected chi connectivity index (χ2v) is 5.44. The number of nitrogens with zero attached hydrogens (tertiary/aromatic N) is 2. The molecule has 1 aromatic heterocycles. The summed E-state index contributed by atoms with van der Waals surface area (Å²) in [5.74, 6) is -1.46. The first-order valence-electron chi connectivity index (χ1n) is 6.87. The Morgan fingerprint density at radius 1 is 1.30 bits per heavy atom. The van der Waals surface area contributed by atoms with Crippen molar-refractivity contribution in [3.63, 3.8) is 0 Å². The molecule has 0 aliphatic rings. The molecule has 0 amide bonds. The molecule has 0 saturated carbocycles. The maximum Gasteiger partial charge on any atom is 0.357 e. The van der Waals surface area contributed by atoms with Gasteiger partial charge in [-0.05, 0) is 43.3 Å². The van der Waals surface area contributed by atoms with Gasteiger partial charge in [-0.2, -0.15) is 4.39 Å². The second kappa shape index (κ2) is 7.99. The molecule has 0 bridgehead atoms. The molecule has 0 fully saturated rings. The van der Waals surface area contributed by atoms with Gasteiger partial charge in [0.1, 0.15) is 11.6 Å². The van der Waals surface area contributed by atoms with Crippen molar-refractivity contribution >= 4 is 40.5 Å². The largest absolute Gasteiger partial charge is 0.454 e. The van der Waals surface area contributed by atoms with Crippen LogP contribution in [-0.4, -0.2) is 29.1 Å². The summed E-state index contributed by atoms with van der Waals surface area (Å²) in [4.78, 5) is 17.6. The molecule has 0 spiro atoms. The number of esters is 1. The Morgan fingerprint density at radius 3 is 2.61 bits per heavy atom. The van der Waals surface area contributed by atoms with Crippen LogP contribution in [-0.2, 0) is 4.74 Å². The molecule has 4 nitrogen and oxygen atoms in total. The fourth-order valence-corrected chi connectivity index (χ4v) is 2.34. The van der Waals surface area contributed by atoms with Crippen LogP contribution in [0.4, 0.5) is 10.1 Å². The highest BCUT2D eigenvalue weighted by molar-refractivity contribution is 7.80. The number of hydrogen-bond donors (Lipinski definition) is 0. The Balaban J connectivity index is 2.00. The van der Waals surface area contributed by atoms with Crippen molar-refractivity contribution in [2.24, 2.45) is 0 Å². The molecule has 2 aromatic rings. The number of anilines is 1. The molecule has 23 heavy (non-hydrogen) atoms. The van der Waals surface area contributed by atoms with Crippen LogP contribution in [0.2, 0.25) is 5.02 Å². The van der Waals surface area contributed by atoms with Crippen LogP contribution >= 0.6 is 23.8 Å². The summed E-state index contributed by atoms with van der Waals surface area (Å²) in [6.45, 7) is 2.44. The average Bonchev–Trinajstić information content (AvgIpc) is 2.55. The summed E-state index contributed by atoms with van der Waals surface area (Å²) >= 11 is 11.2. The fraction of sp³-hybridized carbons (Fsp3) is 0.188. The van der Waals surface area contributed by atoms with E-state index in [-0.39, 0.29) is 12.3 Å². The van der Waals surface area contributed by atoms with Crippen LogP contribution in [0, 0.1) is 5.95 Å². The van der Waals surface area contributed by atoms with Gasteiger partial charge < -0.3 is 9.64 Å². The van der Waals surface area contributed by atoms with Crippen LogP contribution in [0.5, 0.6) is 0 Å². The van der Waals surface area contributed by atoms with Crippen molar-refractivity contribution in [3.8, 4) is 0 Å². The highest BCUT2D eigenvalue weighted by Gasteiger charge is 2.15. The number of likely N-dealkylation sites (N-methyl/N-ethyl adjacent to an activating group) is 1. The number of aromatic nitrogens is 1. The molecule has 0 unspecified atom stereocenters. The van der Waals surface area contributed by atoms with Gasteiger partial charge in [0.05, 0.1) is 0 Å². The van der Waals surface area contributed by atoms with Crippen LogP contribution in [0.1, 0.15) is 17.4 Å². The van der Waals surface area contributed by atoms with Crippen LogP contribution in [0.15, 0.2) is 42.5 Å². The lowest BCUT2D eigenvalue weighted by atomic mass is 10.3. The first kappa shape index (κ1) is 17.3. The average molecular weight is 353 g/mol. The summed E-state index contributed by atoms with van der Waals surface area (Å²) in [6.07, 6.45) is 0.